The van der Waals surface area contributed by atoms with Crippen molar-refractivity contribution < 1.29 is 5.11 Å². The van der Waals surface area contributed by atoms with E-state index >= 15 is 0 Å². The number of nitrogens with one attached hydrogen (secondary N) is 1. The third-order valence-electron chi connectivity index (χ3n) is 3.50. The molecular formula is C15H20N2O. The summed E-state index contributed by atoms with van der Waals surface area (Å²) in [5, 5.41) is 13.8. The van der Waals surface area contributed by atoms with Crippen LogP contribution < -0.4 is 5.32 Å². The van der Waals surface area contributed by atoms with Crippen molar-refractivity contribution in [2.75, 3.05) is 11.9 Å². The van der Waals surface area contributed by atoms with Crippen LogP contribution >= 0.6 is 0 Å². The maximum Gasteiger partial charge on any atom is 0.0751 e. The van der Waals surface area contributed by atoms with Crippen LogP contribution in [0.2, 0.25) is 0 Å². The van der Waals surface area contributed by atoms with Gasteiger partial charge >= 0.3 is 0 Å². The molecule has 2 rings (SSSR count). The van der Waals surface area contributed by atoms with Crippen molar-refractivity contribution in [1.29, 1.82) is 0 Å². The van der Waals surface area contributed by atoms with Gasteiger partial charge in [-0.15, -0.1) is 0 Å². The van der Waals surface area contributed by atoms with E-state index in [-0.39, 0.29) is 18.6 Å². The maximum absolute atomic E-state index is 9.19. The number of benzene rings is 1. The SMILES string of the molecule is Cc1cccc2c(NC(C)C(C)CO)ccnc12. The second-order valence-electron chi connectivity index (χ2n) is 4.92. The van der Waals surface area contributed by atoms with Crippen LogP contribution in [0.4, 0.5) is 5.69 Å². The Morgan fingerprint density at radius 1 is 1.28 bits per heavy atom. The van der Waals surface area contributed by atoms with Crippen molar-refractivity contribution in [3.05, 3.63) is 36.0 Å². The van der Waals surface area contributed by atoms with Crippen LogP contribution in [0, 0.1) is 12.8 Å². The van der Waals surface area contributed by atoms with Crippen molar-refractivity contribution >= 4 is 16.6 Å². The van der Waals surface area contributed by atoms with Gasteiger partial charge in [-0.3, -0.25) is 4.98 Å². The lowest BCUT2D eigenvalue weighted by Gasteiger charge is -2.21. The van der Waals surface area contributed by atoms with Crippen LogP contribution in [0.3, 0.4) is 0 Å². The molecule has 0 aliphatic rings. The molecule has 0 amide bonds. The lowest BCUT2D eigenvalue weighted by molar-refractivity contribution is 0.226. The molecule has 1 aromatic carbocycles. The fourth-order valence-corrected chi connectivity index (χ4v) is 2.00. The van der Waals surface area contributed by atoms with E-state index in [2.05, 4.69) is 36.3 Å². The van der Waals surface area contributed by atoms with Crippen LogP contribution in [-0.4, -0.2) is 22.7 Å². The summed E-state index contributed by atoms with van der Waals surface area (Å²) in [6.07, 6.45) is 1.83. The predicted octanol–water partition coefficient (Wildman–Crippen LogP) is 2.97. The van der Waals surface area contributed by atoms with Crippen LogP contribution in [0.25, 0.3) is 10.9 Å². The van der Waals surface area contributed by atoms with Gasteiger partial charge in [-0.25, -0.2) is 0 Å². The average Bonchev–Trinajstić information content (AvgIpc) is 2.39. The Morgan fingerprint density at radius 3 is 2.78 bits per heavy atom. The van der Waals surface area contributed by atoms with Gasteiger partial charge in [0.1, 0.15) is 0 Å². The van der Waals surface area contributed by atoms with E-state index in [4.69, 9.17) is 0 Å². The first kappa shape index (κ1) is 12.8. The van der Waals surface area contributed by atoms with Crippen molar-refractivity contribution in [1.82, 2.24) is 4.98 Å². The Hall–Kier alpha value is -1.61. The van der Waals surface area contributed by atoms with Crippen molar-refractivity contribution in [2.24, 2.45) is 5.92 Å². The molecule has 0 saturated carbocycles. The molecule has 0 aliphatic heterocycles. The summed E-state index contributed by atoms with van der Waals surface area (Å²) in [6, 6.07) is 8.40. The average molecular weight is 244 g/mol. The molecule has 96 valence electrons. The summed E-state index contributed by atoms with van der Waals surface area (Å²) in [6.45, 7) is 6.38. The van der Waals surface area contributed by atoms with E-state index in [1.54, 1.807) is 0 Å². The van der Waals surface area contributed by atoms with Gasteiger partial charge in [0.2, 0.25) is 0 Å². The Bertz CT molecular complexity index is 539. The number of rotatable bonds is 4. The Morgan fingerprint density at radius 2 is 2.06 bits per heavy atom. The normalized spacial score (nSPS) is 14.4. The van der Waals surface area contributed by atoms with Crippen molar-refractivity contribution in [3.63, 3.8) is 0 Å². The molecule has 0 spiro atoms. The number of aromatic nitrogens is 1. The first-order valence-corrected chi connectivity index (χ1v) is 6.35. The van der Waals surface area contributed by atoms with Gasteiger partial charge in [0.05, 0.1) is 5.52 Å². The molecule has 0 bridgehead atoms. The molecule has 0 radical (unpaired) electrons. The highest BCUT2D eigenvalue weighted by Gasteiger charge is 2.12. The molecule has 0 fully saturated rings. The minimum atomic E-state index is 0.191. The topological polar surface area (TPSA) is 45.1 Å². The maximum atomic E-state index is 9.19. The number of hydrogen-bond donors (Lipinski definition) is 2. The molecule has 1 heterocycles. The highest BCUT2D eigenvalue weighted by atomic mass is 16.3. The zero-order chi connectivity index (χ0) is 13.1. The predicted molar refractivity (Wildman–Crippen MR) is 75.8 cm³/mol. The van der Waals surface area contributed by atoms with Gasteiger partial charge in [-0.05, 0) is 31.4 Å². The number of aryl methyl sites for hydroxylation is 1. The van der Waals surface area contributed by atoms with Crippen LogP contribution in [0.1, 0.15) is 19.4 Å². The number of hydrogen-bond acceptors (Lipinski definition) is 3. The molecule has 0 saturated heterocycles. The number of para-hydroxylation sites is 1. The molecular weight excluding hydrogens is 224 g/mol. The summed E-state index contributed by atoms with van der Waals surface area (Å²) < 4.78 is 0. The monoisotopic (exact) mass is 244 g/mol. The Labute approximate surface area is 108 Å². The zero-order valence-corrected chi connectivity index (χ0v) is 11.1. The van der Waals surface area contributed by atoms with Gasteiger partial charge < -0.3 is 10.4 Å². The fraction of sp³-hybridized carbons (Fsp3) is 0.400. The molecule has 0 aliphatic carbocycles. The molecule has 18 heavy (non-hydrogen) atoms. The second-order valence-corrected chi connectivity index (χ2v) is 4.92. The summed E-state index contributed by atoms with van der Waals surface area (Å²) in [7, 11) is 0. The zero-order valence-electron chi connectivity index (χ0n) is 11.1. The Balaban J connectivity index is 2.37. The van der Waals surface area contributed by atoms with Crippen LogP contribution in [0.5, 0.6) is 0 Å². The largest absolute Gasteiger partial charge is 0.396 e. The van der Waals surface area contributed by atoms with Gasteiger partial charge in [0.25, 0.3) is 0 Å². The molecule has 3 nitrogen and oxygen atoms in total. The minimum Gasteiger partial charge on any atom is -0.396 e. The van der Waals surface area contributed by atoms with Gasteiger partial charge in [-0.2, -0.15) is 0 Å². The number of nitrogens with zero attached hydrogens (tertiary/aromatic N) is 1. The molecule has 2 unspecified atom stereocenters. The minimum absolute atomic E-state index is 0.191. The molecule has 2 aromatic rings. The van der Waals surface area contributed by atoms with Gasteiger partial charge in [0.15, 0.2) is 0 Å². The number of anilines is 1. The smallest absolute Gasteiger partial charge is 0.0751 e. The van der Waals surface area contributed by atoms with E-state index in [9.17, 15) is 5.11 Å². The molecule has 2 atom stereocenters. The summed E-state index contributed by atoms with van der Waals surface area (Å²) in [4.78, 5) is 4.42. The first-order chi connectivity index (χ1) is 8.63. The van der Waals surface area contributed by atoms with Crippen LogP contribution in [-0.2, 0) is 0 Å². The quantitative estimate of drug-likeness (QED) is 0.869. The number of aliphatic hydroxyl groups excluding tert-OH is 1. The van der Waals surface area contributed by atoms with E-state index in [0.717, 1.165) is 16.6 Å². The van der Waals surface area contributed by atoms with E-state index in [1.165, 1.54) is 5.56 Å². The number of aliphatic hydroxyl groups is 1. The third-order valence-corrected chi connectivity index (χ3v) is 3.50. The lowest BCUT2D eigenvalue weighted by Crippen LogP contribution is -2.26. The van der Waals surface area contributed by atoms with E-state index in [1.807, 2.05) is 25.3 Å². The fourth-order valence-electron chi connectivity index (χ4n) is 2.00. The van der Waals surface area contributed by atoms with Crippen molar-refractivity contribution in [2.45, 2.75) is 26.8 Å². The van der Waals surface area contributed by atoms with Crippen molar-refractivity contribution in [3.8, 4) is 0 Å². The van der Waals surface area contributed by atoms with E-state index in [0.29, 0.717) is 0 Å². The summed E-state index contributed by atoms with van der Waals surface area (Å²) in [5.74, 6) is 0.220. The second kappa shape index (κ2) is 5.36. The third kappa shape index (κ3) is 2.46. The molecule has 1 aromatic heterocycles. The number of fused-ring (bicyclic) bond motifs is 1. The summed E-state index contributed by atoms with van der Waals surface area (Å²) in [5.41, 5.74) is 3.29. The lowest BCUT2D eigenvalue weighted by atomic mass is 10.0. The van der Waals surface area contributed by atoms with Gasteiger partial charge in [0, 0.05) is 29.9 Å². The molecule has 3 heteroatoms. The van der Waals surface area contributed by atoms with Crippen LogP contribution in [0.15, 0.2) is 30.5 Å². The highest BCUT2D eigenvalue weighted by Crippen LogP contribution is 2.25. The van der Waals surface area contributed by atoms with E-state index < -0.39 is 0 Å². The standard InChI is InChI=1S/C15H20N2O/c1-10-5-4-6-13-14(7-8-16-15(10)13)17-12(3)11(2)9-18/h4-8,11-12,18H,9H2,1-3H3,(H,16,17). The first-order valence-electron chi connectivity index (χ1n) is 6.35. The Kier molecular flexibility index (Phi) is 3.82. The number of pyridine rings is 1. The highest BCUT2D eigenvalue weighted by molar-refractivity contribution is 5.92. The van der Waals surface area contributed by atoms with Gasteiger partial charge in [-0.1, -0.05) is 25.1 Å². The molecule has 2 N–H and O–H groups in total. The summed E-state index contributed by atoms with van der Waals surface area (Å²) >= 11 is 0.